The minimum atomic E-state index is -0.674. The molecule has 0 aromatic rings. The van der Waals surface area contributed by atoms with Crippen LogP contribution in [0.5, 0.6) is 0 Å². The highest BCUT2D eigenvalue weighted by Crippen LogP contribution is 2.35. The lowest BCUT2D eigenvalue weighted by Gasteiger charge is -2.35. The Morgan fingerprint density at radius 3 is 2.93 bits per heavy atom. The number of halogens is 1. The van der Waals surface area contributed by atoms with Crippen LogP contribution in [0, 0.1) is 5.92 Å². The van der Waals surface area contributed by atoms with Crippen molar-refractivity contribution in [3.05, 3.63) is 24.4 Å². The van der Waals surface area contributed by atoms with Crippen molar-refractivity contribution in [1.29, 1.82) is 0 Å². The van der Waals surface area contributed by atoms with Crippen molar-refractivity contribution >= 4 is 17.4 Å². The van der Waals surface area contributed by atoms with Crippen molar-refractivity contribution in [2.75, 3.05) is 0 Å². The van der Waals surface area contributed by atoms with Crippen LogP contribution in [0.4, 0.5) is 0 Å². The number of nitrogens with one attached hydrogen (secondary N) is 1. The number of allylic oxidation sites excluding steroid dienone is 2. The van der Waals surface area contributed by atoms with Crippen LogP contribution in [-0.4, -0.2) is 10.8 Å². The molecule has 1 saturated carbocycles. The molecule has 0 aromatic heterocycles. The molecule has 76 valence electrons. The molecule has 0 bridgehead atoms. The standard InChI is InChI=1S/C11H14ClNO/c12-11(7-3-4-8-13-11)9-5-1-2-6-10(9)14/h3-4,7-9,13H,1-2,5-6H2. The number of alkyl halides is 1. The van der Waals surface area contributed by atoms with Gasteiger partial charge in [-0.25, -0.2) is 0 Å². The van der Waals surface area contributed by atoms with Crippen LogP contribution in [0.25, 0.3) is 0 Å². The van der Waals surface area contributed by atoms with Gasteiger partial charge in [-0.3, -0.25) is 4.79 Å². The Bertz CT molecular complexity index is 298. The largest absolute Gasteiger partial charge is 0.369 e. The highest BCUT2D eigenvalue weighted by Gasteiger charge is 2.40. The van der Waals surface area contributed by atoms with E-state index in [4.69, 9.17) is 11.6 Å². The third-order valence-electron chi connectivity index (χ3n) is 2.91. The molecule has 3 heteroatoms. The summed E-state index contributed by atoms with van der Waals surface area (Å²) < 4.78 is 0. The Labute approximate surface area is 89.0 Å². The Hall–Kier alpha value is -0.760. The summed E-state index contributed by atoms with van der Waals surface area (Å²) in [6.07, 6.45) is 11.1. The molecule has 2 unspecified atom stereocenters. The molecule has 2 rings (SSSR count). The van der Waals surface area contributed by atoms with Crippen LogP contribution in [0.15, 0.2) is 24.4 Å². The van der Waals surface area contributed by atoms with Crippen molar-refractivity contribution in [2.24, 2.45) is 5.92 Å². The summed E-state index contributed by atoms with van der Waals surface area (Å²) in [4.78, 5) is 11.0. The summed E-state index contributed by atoms with van der Waals surface area (Å²) in [5.41, 5.74) is 0. The predicted molar refractivity (Wildman–Crippen MR) is 57.0 cm³/mol. The summed E-state index contributed by atoms with van der Waals surface area (Å²) in [6, 6.07) is 0. The fraction of sp³-hybridized carbons (Fsp3) is 0.545. The number of ketones is 1. The molecule has 0 amide bonds. The maximum Gasteiger partial charge on any atom is 0.141 e. The second-order valence-corrected chi connectivity index (χ2v) is 4.52. The van der Waals surface area contributed by atoms with Crippen LogP contribution < -0.4 is 5.32 Å². The first-order valence-electron chi connectivity index (χ1n) is 5.06. The monoisotopic (exact) mass is 211 g/mol. The third-order valence-corrected chi connectivity index (χ3v) is 3.41. The molecule has 0 radical (unpaired) electrons. The molecule has 2 aliphatic rings. The van der Waals surface area contributed by atoms with Crippen LogP contribution in [0.3, 0.4) is 0 Å². The highest BCUT2D eigenvalue weighted by molar-refractivity contribution is 6.26. The lowest BCUT2D eigenvalue weighted by atomic mass is 9.82. The zero-order valence-electron chi connectivity index (χ0n) is 8.00. The van der Waals surface area contributed by atoms with Gasteiger partial charge >= 0.3 is 0 Å². The number of dihydropyridines is 1. The minimum absolute atomic E-state index is 0.0703. The van der Waals surface area contributed by atoms with Gasteiger partial charge in [-0.05, 0) is 31.2 Å². The van der Waals surface area contributed by atoms with E-state index in [1.807, 2.05) is 18.2 Å². The van der Waals surface area contributed by atoms with E-state index in [0.29, 0.717) is 12.2 Å². The van der Waals surface area contributed by atoms with E-state index in [9.17, 15) is 4.79 Å². The predicted octanol–water partition coefficient (Wildman–Crippen LogP) is 2.35. The molecule has 1 aliphatic heterocycles. The minimum Gasteiger partial charge on any atom is -0.369 e. The Balaban J connectivity index is 2.16. The second kappa shape index (κ2) is 3.77. The summed E-state index contributed by atoms with van der Waals surface area (Å²) in [5, 5.41) is 3.07. The molecular formula is C11H14ClNO. The SMILES string of the molecule is O=C1CCCCC1C1(Cl)C=CC=CN1. The number of Topliss-reactive ketones (excluding diaryl/α,β-unsaturated/α-hetero) is 1. The fourth-order valence-corrected chi connectivity index (χ4v) is 2.49. The van der Waals surface area contributed by atoms with E-state index >= 15 is 0 Å². The Morgan fingerprint density at radius 2 is 2.29 bits per heavy atom. The van der Waals surface area contributed by atoms with Gasteiger partial charge in [0.15, 0.2) is 0 Å². The van der Waals surface area contributed by atoms with Crippen LogP contribution >= 0.6 is 11.6 Å². The zero-order chi connectivity index (χ0) is 10.0. The number of carbonyl (C=O) groups excluding carboxylic acids is 1. The average Bonchev–Trinajstić information content (AvgIpc) is 2.19. The highest BCUT2D eigenvalue weighted by atomic mass is 35.5. The van der Waals surface area contributed by atoms with Crippen molar-refractivity contribution in [3.8, 4) is 0 Å². The van der Waals surface area contributed by atoms with Gasteiger partial charge in [0.2, 0.25) is 0 Å². The lowest BCUT2D eigenvalue weighted by Crippen LogP contribution is -2.47. The summed E-state index contributed by atoms with van der Waals surface area (Å²) >= 11 is 6.38. The average molecular weight is 212 g/mol. The Morgan fingerprint density at radius 1 is 1.43 bits per heavy atom. The molecule has 1 heterocycles. The first-order valence-corrected chi connectivity index (χ1v) is 5.44. The van der Waals surface area contributed by atoms with Gasteiger partial charge in [0, 0.05) is 6.42 Å². The van der Waals surface area contributed by atoms with Gasteiger partial charge in [0.25, 0.3) is 0 Å². The van der Waals surface area contributed by atoms with Gasteiger partial charge in [-0.1, -0.05) is 24.1 Å². The van der Waals surface area contributed by atoms with Crippen molar-refractivity contribution in [3.63, 3.8) is 0 Å². The van der Waals surface area contributed by atoms with E-state index in [1.54, 1.807) is 6.20 Å². The Kier molecular flexibility index (Phi) is 2.64. The molecule has 2 nitrogen and oxygen atoms in total. The van der Waals surface area contributed by atoms with Crippen molar-refractivity contribution in [1.82, 2.24) is 5.32 Å². The molecule has 0 aromatic carbocycles. The lowest BCUT2D eigenvalue weighted by molar-refractivity contribution is -0.125. The fourth-order valence-electron chi connectivity index (χ4n) is 2.12. The topological polar surface area (TPSA) is 29.1 Å². The van der Waals surface area contributed by atoms with Gasteiger partial charge in [0.1, 0.15) is 10.8 Å². The molecular weight excluding hydrogens is 198 g/mol. The van der Waals surface area contributed by atoms with E-state index in [1.165, 1.54) is 0 Å². The summed E-state index contributed by atoms with van der Waals surface area (Å²) in [7, 11) is 0. The van der Waals surface area contributed by atoms with Gasteiger partial charge in [-0.15, -0.1) is 0 Å². The third kappa shape index (κ3) is 1.71. The maximum atomic E-state index is 11.7. The number of hydrogen-bond acceptors (Lipinski definition) is 2. The van der Waals surface area contributed by atoms with Gasteiger partial charge in [0.05, 0.1) is 5.92 Å². The van der Waals surface area contributed by atoms with Crippen LogP contribution in [0.2, 0.25) is 0 Å². The second-order valence-electron chi connectivity index (χ2n) is 3.90. The van der Waals surface area contributed by atoms with Crippen LogP contribution in [-0.2, 0) is 4.79 Å². The first kappa shape index (κ1) is 9.78. The number of carbonyl (C=O) groups is 1. The van der Waals surface area contributed by atoms with Crippen molar-refractivity contribution in [2.45, 2.75) is 30.7 Å². The summed E-state index contributed by atoms with van der Waals surface area (Å²) in [5.74, 6) is 0.220. The van der Waals surface area contributed by atoms with Gasteiger partial charge in [-0.2, -0.15) is 0 Å². The first-order chi connectivity index (χ1) is 6.72. The molecule has 0 spiro atoms. The number of hydrogen-bond donors (Lipinski definition) is 1. The summed E-state index contributed by atoms with van der Waals surface area (Å²) in [6.45, 7) is 0. The number of rotatable bonds is 1. The van der Waals surface area contributed by atoms with Crippen molar-refractivity contribution < 1.29 is 4.79 Å². The van der Waals surface area contributed by atoms with E-state index in [0.717, 1.165) is 19.3 Å². The molecule has 1 aliphatic carbocycles. The smallest absolute Gasteiger partial charge is 0.141 e. The molecule has 2 atom stereocenters. The van der Waals surface area contributed by atoms with Crippen LogP contribution in [0.1, 0.15) is 25.7 Å². The molecule has 1 fully saturated rings. The molecule has 14 heavy (non-hydrogen) atoms. The zero-order valence-corrected chi connectivity index (χ0v) is 8.76. The van der Waals surface area contributed by atoms with E-state index < -0.39 is 5.00 Å². The van der Waals surface area contributed by atoms with Gasteiger partial charge < -0.3 is 5.32 Å². The van der Waals surface area contributed by atoms with E-state index in [2.05, 4.69) is 5.32 Å². The molecule has 1 N–H and O–H groups in total. The normalized spacial score (nSPS) is 36.9. The van der Waals surface area contributed by atoms with E-state index in [-0.39, 0.29) is 5.92 Å². The quantitative estimate of drug-likeness (QED) is 0.533. The molecule has 0 saturated heterocycles. The maximum absolute atomic E-state index is 11.7.